The van der Waals surface area contributed by atoms with Crippen molar-refractivity contribution in [2.45, 2.75) is 13.0 Å². The Labute approximate surface area is 156 Å². The van der Waals surface area contributed by atoms with Crippen molar-refractivity contribution < 1.29 is 19.1 Å². The fourth-order valence-corrected chi connectivity index (χ4v) is 2.45. The Morgan fingerprint density at radius 3 is 2.74 bits per heavy atom. The molecule has 0 fully saturated rings. The van der Waals surface area contributed by atoms with Crippen molar-refractivity contribution in [2.75, 3.05) is 17.2 Å². The van der Waals surface area contributed by atoms with Crippen LogP contribution in [0.4, 0.5) is 11.4 Å². The molecule has 1 aliphatic rings. The topological polar surface area (TPSA) is 96.5 Å². The normalized spacial score (nSPS) is 15.4. The molecule has 0 aromatic heterocycles. The second kappa shape index (κ2) is 8.18. The molecule has 0 radical (unpaired) electrons. The van der Waals surface area contributed by atoms with E-state index in [1.807, 2.05) is 30.3 Å². The molecule has 1 heterocycles. The first kappa shape index (κ1) is 18.2. The molecule has 138 valence electrons. The molecule has 3 N–H and O–H groups in total. The lowest BCUT2D eigenvalue weighted by molar-refractivity contribution is -0.122. The third-order valence-corrected chi connectivity index (χ3v) is 3.84. The molecule has 1 aliphatic heterocycles. The number of hydrogen-bond acceptors (Lipinski definition) is 4. The van der Waals surface area contributed by atoms with Crippen molar-refractivity contribution in [3.05, 3.63) is 60.2 Å². The summed E-state index contributed by atoms with van der Waals surface area (Å²) in [7, 11) is 0. The van der Waals surface area contributed by atoms with Gasteiger partial charge in [-0.2, -0.15) is 0 Å². The van der Waals surface area contributed by atoms with Gasteiger partial charge in [0, 0.05) is 11.8 Å². The number of fused-ring (bicyclic) bond motifs is 1. The minimum atomic E-state index is -0.558. The molecule has 0 saturated heterocycles. The molecule has 1 atom stereocenters. The maximum Gasteiger partial charge on any atom is 0.265 e. The van der Waals surface area contributed by atoms with Gasteiger partial charge in [-0.3, -0.25) is 14.4 Å². The molecule has 3 amide bonds. The van der Waals surface area contributed by atoms with Gasteiger partial charge in [-0.15, -0.1) is 0 Å². The third kappa shape index (κ3) is 4.94. The largest absolute Gasteiger partial charge is 0.479 e. The molecular weight excluding hydrogens is 346 g/mol. The highest BCUT2D eigenvalue weighted by molar-refractivity contribution is 6.00. The van der Waals surface area contributed by atoms with Gasteiger partial charge in [0.1, 0.15) is 5.75 Å². The van der Waals surface area contributed by atoms with Gasteiger partial charge in [0.15, 0.2) is 6.10 Å². The predicted octanol–water partition coefficient (Wildman–Crippen LogP) is 2.17. The highest BCUT2D eigenvalue weighted by Gasteiger charge is 2.23. The van der Waals surface area contributed by atoms with Crippen molar-refractivity contribution in [2.24, 2.45) is 0 Å². The van der Waals surface area contributed by atoms with Crippen LogP contribution in [0.3, 0.4) is 0 Å². The van der Waals surface area contributed by atoms with Crippen LogP contribution in [0.5, 0.6) is 5.75 Å². The zero-order valence-electron chi connectivity index (χ0n) is 14.7. The van der Waals surface area contributed by atoms with Crippen molar-refractivity contribution in [3.8, 4) is 5.75 Å². The minimum absolute atomic E-state index is 0.172. The number of carbonyl (C=O) groups is 3. The average Bonchev–Trinajstić information content (AvgIpc) is 2.67. The summed E-state index contributed by atoms with van der Waals surface area (Å²) in [6.07, 6.45) is 2.48. The molecule has 7 nitrogen and oxygen atoms in total. The summed E-state index contributed by atoms with van der Waals surface area (Å²) in [4.78, 5) is 35.5. The molecule has 0 aliphatic carbocycles. The molecular formula is C20H19N3O4. The first-order valence-corrected chi connectivity index (χ1v) is 8.43. The smallest absolute Gasteiger partial charge is 0.265 e. The van der Waals surface area contributed by atoms with E-state index in [0.29, 0.717) is 17.1 Å². The summed E-state index contributed by atoms with van der Waals surface area (Å²) in [5, 5.41) is 7.89. The second-order valence-corrected chi connectivity index (χ2v) is 5.97. The third-order valence-electron chi connectivity index (χ3n) is 3.84. The number of benzene rings is 2. The lowest BCUT2D eigenvalue weighted by Gasteiger charge is -2.23. The summed E-state index contributed by atoms with van der Waals surface area (Å²) >= 11 is 0. The van der Waals surface area contributed by atoms with Crippen molar-refractivity contribution in [3.63, 3.8) is 0 Å². The van der Waals surface area contributed by atoms with E-state index in [4.69, 9.17) is 4.74 Å². The number of anilines is 2. The van der Waals surface area contributed by atoms with Crippen LogP contribution >= 0.6 is 0 Å². The molecule has 0 spiro atoms. The van der Waals surface area contributed by atoms with Gasteiger partial charge in [-0.05, 0) is 36.8 Å². The van der Waals surface area contributed by atoms with Crippen molar-refractivity contribution in [1.29, 1.82) is 0 Å². The summed E-state index contributed by atoms with van der Waals surface area (Å²) in [6.45, 7) is 1.48. The summed E-state index contributed by atoms with van der Waals surface area (Å²) in [5.41, 5.74) is 1.88. The Bertz CT molecular complexity index is 893. The molecule has 0 bridgehead atoms. The average molecular weight is 365 g/mol. The number of rotatable bonds is 5. The first-order valence-electron chi connectivity index (χ1n) is 8.43. The van der Waals surface area contributed by atoms with Crippen LogP contribution < -0.4 is 20.7 Å². The number of nitrogens with one attached hydrogen (secondary N) is 3. The zero-order valence-corrected chi connectivity index (χ0v) is 14.7. The number of ether oxygens (including phenoxy) is 1. The van der Waals surface area contributed by atoms with Gasteiger partial charge in [0.05, 0.1) is 12.2 Å². The number of carbonyl (C=O) groups excluding carboxylic acids is 3. The Kier molecular flexibility index (Phi) is 5.51. The zero-order chi connectivity index (χ0) is 19.2. The van der Waals surface area contributed by atoms with Crippen LogP contribution in [0.2, 0.25) is 0 Å². The van der Waals surface area contributed by atoms with Gasteiger partial charge in [0.2, 0.25) is 11.8 Å². The van der Waals surface area contributed by atoms with Crippen LogP contribution in [0, 0.1) is 0 Å². The van der Waals surface area contributed by atoms with E-state index in [-0.39, 0.29) is 24.3 Å². The van der Waals surface area contributed by atoms with Gasteiger partial charge >= 0.3 is 0 Å². The fourth-order valence-electron chi connectivity index (χ4n) is 2.45. The Hall–Kier alpha value is -3.61. The molecule has 3 rings (SSSR count). The monoisotopic (exact) mass is 365 g/mol. The predicted molar refractivity (Wildman–Crippen MR) is 102 cm³/mol. The minimum Gasteiger partial charge on any atom is -0.479 e. The highest BCUT2D eigenvalue weighted by atomic mass is 16.5. The Morgan fingerprint density at radius 1 is 1.19 bits per heavy atom. The van der Waals surface area contributed by atoms with E-state index < -0.39 is 6.10 Å². The number of amides is 3. The van der Waals surface area contributed by atoms with Crippen LogP contribution in [0.1, 0.15) is 12.5 Å². The highest BCUT2D eigenvalue weighted by Crippen LogP contribution is 2.32. The van der Waals surface area contributed by atoms with E-state index in [2.05, 4.69) is 16.0 Å². The van der Waals surface area contributed by atoms with Gasteiger partial charge < -0.3 is 20.7 Å². The van der Waals surface area contributed by atoms with Crippen LogP contribution in [0.25, 0.3) is 6.08 Å². The van der Waals surface area contributed by atoms with Crippen molar-refractivity contribution in [1.82, 2.24) is 5.32 Å². The molecule has 2 aromatic rings. The van der Waals surface area contributed by atoms with E-state index in [1.165, 1.54) is 6.08 Å². The molecule has 0 saturated carbocycles. The summed E-state index contributed by atoms with van der Waals surface area (Å²) in [6, 6.07) is 14.3. The maximum atomic E-state index is 12.0. The fraction of sp³-hybridized carbons (Fsp3) is 0.150. The van der Waals surface area contributed by atoms with Crippen LogP contribution in [-0.4, -0.2) is 30.4 Å². The second-order valence-electron chi connectivity index (χ2n) is 5.97. The quantitative estimate of drug-likeness (QED) is 0.708. The van der Waals surface area contributed by atoms with Crippen LogP contribution in [0.15, 0.2) is 54.6 Å². The Balaban J connectivity index is 1.51. The van der Waals surface area contributed by atoms with E-state index >= 15 is 0 Å². The molecule has 27 heavy (non-hydrogen) atoms. The van der Waals surface area contributed by atoms with E-state index in [1.54, 1.807) is 31.2 Å². The SMILES string of the molecule is C[C@H]1Oc2ccc(NC(=O)CNC(=O)/C=C/c3ccccc3)cc2NC1=O. The van der Waals surface area contributed by atoms with Crippen molar-refractivity contribution >= 4 is 35.2 Å². The van der Waals surface area contributed by atoms with E-state index in [0.717, 1.165) is 5.56 Å². The first-order chi connectivity index (χ1) is 13.0. The maximum absolute atomic E-state index is 12.0. The lowest BCUT2D eigenvalue weighted by Crippen LogP contribution is -2.34. The van der Waals surface area contributed by atoms with E-state index in [9.17, 15) is 14.4 Å². The number of hydrogen-bond donors (Lipinski definition) is 3. The van der Waals surface area contributed by atoms with Crippen LogP contribution in [-0.2, 0) is 14.4 Å². The summed E-state index contributed by atoms with van der Waals surface area (Å²) < 4.78 is 5.46. The lowest BCUT2D eigenvalue weighted by atomic mass is 10.2. The molecule has 0 unspecified atom stereocenters. The van der Waals surface area contributed by atoms with Gasteiger partial charge in [-0.1, -0.05) is 30.3 Å². The summed E-state index contributed by atoms with van der Waals surface area (Å²) in [5.74, 6) is -0.454. The molecule has 7 heteroatoms. The standard InChI is InChI=1S/C20H19N3O4/c1-13-20(26)23-16-11-15(8-9-17(16)27-13)22-19(25)12-21-18(24)10-7-14-5-3-2-4-6-14/h2-11,13H,12H2,1H3,(H,21,24)(H,22,25)(H,23,26)/b10-7+/t13-/m1/s1. The Morgan fingerprint density at radius 2 is 1.96 bits per heavy atom. The van der Waals surface area contributed by atoms with Gasteiger partial charge in [0.25, 0.3) is 5.91 Å². The van der Waals surface area contributed by atoms with Gasteiger partial charge in [-0.25, -0.2) is 0 Å². The molecule has 2 aromatic carbocycles.